The van der Waals surface area contributed by atoms with E-state index < -0.39 is 20.0 Å². The molecule has 0 saturated carbocycles. The summed E-state index contributed by atoms with van der Waals surface area (Å²) in [6.45, 7) is 1.02. The maximum absolute atomic E-state index is 11.2. The Balaban J connectivity index is 0.000000179. The van der Waals surface area contributed by atoms with E-state index in [1.807, 2.05) is 60.1 Å². The summed E-state index contributed by atoms with van der Waals surface area (Å²) in [4.78, 5) is 20.8. The third kappa shape index (κ3) is 15.5. The van der Waals surface area contributed by atoms with Crippen LogP contribution in [0.2, 0.25) is 0 Å². The molecule has 5 heterocycles. The number of methoxy groups -OCH3 is 2. The van der Waals surface area contributed by atoms with Gasteiger partial charge in [-0.15, -0.1) is 22.7 Å². The average Bonchev–Trinajstić information content (AvgIpc) is 3.83. The highest BCUT2D eigenvalue weighted by Gasteiger charge is 2.10. The number of hydrogen-bond donors (Lipinski definition) is 3. The van der Waals surface area contributed by atoms with E-state index in [2.05, 4.69) is 66.2 Å². The van der Waals surface area contributed by atoms with E-state index >= 15 is 0 Å². The zero-order valence-electron chi connectivity index (χ0n) is 30.5. The van der Waals surface area contributed by atoms with Crippen molar-refractivity contribution in [2.45, 2.75) is 19.6 Å². The Labute approximate surface area is 350 Å². The highest BCUT2D eigenvalue weighted by molar-refractivity contribution is 9.10. The molecule has 5 aromatic heterocycles. The van der Waals surface area contributed by atoms with Crippen LogP contribution in [0.3, 0.4) is 0 Å². The first-order valence-corrected chi connectivity index (χ1v) is 23.3. The second-order valence-electron chi connectivity index (χ2n) is 11.5. The Hall–Kier alpha value is -3.99. The summed E-state index contributed by atoms with van der Waals surface area (Å²) in [5, 5.41) is 0.835. The van der Waals surface area contributed by atoms with Gasteiger partial charge in [0.2, 0.25) is 20.0 Å². The molecule has 56 heavy (non-hydrogen) atoms. The molecule has 0 spiro atoms. The lowest BCUT2D eigenvalue weighted by Crippen LogP contribution is -2.21. The first-order valence-electron chi connectivity index (χ1n) is 16.2. The summed E-state index contributed by atoms with van der Waals surface area (Å²) in [6, 6.07) is 17.3. The number of sulfonamides is 2. The fourth-order valence-corrected chi connectivity index (χ4v) is 7.64. The Morgan fingerprint density at radius 2 is 1.20 bits per heavy atom. The molecule has 0 atom stereocenters. The first-order chi connectivity index (χ1) is 26.6. The van der Waals surface area contributed by atoms with Crippen LogP contribution in [0.25, 0.3) is 31.0 Å². The van der Waals surface area contributed by atoms with E-state index in [0.29, 0.717) is 6.54 Å². The zero-order valence-corrected chi connectivity index (χ0v) is 36.9. The van der Waals surface area contributed by atoms with Gasteiger partial charge in [-0.1, -0.05) is 0 Å². The number of nitrogens with two attached hydrogens (primary N) is 1. The molecule has 7 rings (SSSR count). The Morgan fingerprint density at radius 3 is 1.73 bits per heavy atom. The number of rotatable bonds is 10. The molecule has 0 aliphatic carbocycles. The highest BCUT2D eigenvalue weighted by atomic mass is 79.9. The molecule has 296 valence electrons. The van der Waals surface area contributed by atoms with Crippen molar-refractivity contribution in [1.82, 2.24) is 34.4 Å². The number of hydrogen-bond acceptors (Lipinski definition) is 14. The SMILES string of the molecule is COc1ccc2sc(-c3cncc(CNS(C)(=O)=O)c3)nc2c1.COc1ccc2scnc2c1.CS(=O)(=O)NCc1cncc(Br)c1.NCc1cncc(Br)c1. The van der Waals surface area contributed by atoms with E-state index in [0.717, 1.165) is 76.0 Å². The molecule has 0 bridgehead atoms. The lowest BCUT2D eigenvalue weighted by Gasteiger charge is -2.03. The van der Waals surface area contributed by atoms with Gasteiger partial charge in [0.25, 0.3) is 0 Å². The number of aromatic nitrogens is 5. The smallest absolute Gasteiger partial charge is 0.209 e. The maximum atomic E-state index is 11.2. The van der Waals surface area contributed by atoms with Crippen LogP contribution in [0, 0.1) is 0 Å². The molecule has 0 aliphatic heterocycles. The number of fused-ring (bicyclic) bond motifs is 2. The van der Waals surface area contributed by atoms with Crippen LogP contribution in [0.4, 0.5) is 0 Å². The van der Waals surface area contributed by atoms with Gasteiger partial charge >= 0.3 is 0 Å². The number of halogens is 2. The third-order valence-corrected chi connectivity index (χ3v) is 11.1. The van der Waals surface area contributed by atoms with Crippen LogP contribution in [0.1, 0.15) is 16.7 Å². The second-order valence-corrected chi connectivity index (χ2v) is 18.9. The molecule has 0 fully saturated rings. The minimum atomic E-state index is -3.23. The minimum Gasteiger partial charge on any atom is -0.497 e. The monoisotopic (exact) mass is 964 g/mol. The van der Waals surface area contributed by atoms with Gasteiger partial charge in [0.1, 0.15) is 16.5 Å². The summed E-state index contributed by atoms with van der Waals surface area (Å²) in [5.41, 5.74) is 12.6. The van der Waals surface area contributed by atoms with Crippen molar-refractivity contribution in [2.75, 3.05) is 26.7 Å². The van der Waals surface area contributed by atoms with Crippen molar-refractivity contribution in [3.63, 3.8) is 0 Å². The molecular formula is C36H38Br2N8O6S4. The molecule has 14 nitrogen and oxygen atoms in total. The lowest BCUT2D eigenvalue weighted by molar-refractivity contribution is 0.415. The molecule has 4 N–H and O–H groups in total. The molecular weight excluding hydrogens is 929 g/mol. The quantitative estimate of drug-likeness (QED) is 0.128. The van der Waals surface area contributed by atoms with Gasteiger partial charge in [0.15, 0.2) is 0 Å². The molecule has 0 unspecified atom stereocenters. The van der Waals surface area contributed by atoms with Crippen molar-refractivity contribution < 1.29 is 26.3 Å². The second kappa shape index (κ2) is 21.5. The van der Waals surface area contributed by atoms with Gasteiger partial charge in [0, 0.05) is 83.5 Å². The van der Waals surface area contributed by atoms with E-state index in [1.54, 1.807) is 74.1 Å². The summed E-state index contributed by atoms with van der Waals surface area (Å²) >= 11 is 9.72. The van der Waals surface area contributed by atoms with Gasteiger partial charge in [-0.25, -0.2) is 36.2 Å². The number of nitrogens with zero attached hydrogens (tertiary/aromatic N) is 5. The van der Waals surface area contributed by atoms with Crippen LogP contribution in [0.5, 0.6) is 11.5 Å². The van der Waals surface area contributed by atoms with E-state index in [4.69, 9.17) is 15.2 Å². The van der Waals surface area contributed by atoms with Gasteiger partial charge in [-0.3, -0.25) is 15.0 Å². The molecule has 0 amide bonds. The Bertz CT molecular complexity index is 2570. The fourth-order valence-electron chi connectivity index (χ4n) is 4.37. The van der Waals surface area contributed by atoms with Gasteiger partial charge < -0.3 is 15.2 Å². The summed E-state index contributed by atoms with van der Waals surface area (Å²) in [5.74, 6) is 1.63. The number of thiazole rings is 2. The number of benzene rings is 2. The van der Waals surface area contributed by atoms with E-state index in [-0.39, 0.29) is 13.1 Å². The van der Waals surface area contributed by atoms with E-state index in [9.17, 15) is 16.8 Å². The summed E-state index contributed by atoms with van der Waals surface area (Å²) in [7, 11) is -3.08. The third-order valence-electron chi connectivity index (χ3n) is 7.01. The molecule has 0 saturated heterocycles. The summed E-state index contributed by atoms with van der Waals surface area (Å²) in [6.07, 6.45) is 12.4. The average molecular weight is 967 g/mol. The number of pyridine rings is 3. The van der Waals surface area contributed by atoms with Crippen LogP contribution >= 0.6 is 54.5 Å². The lowest BCUT2D eigenvalue weighted by atomic mass is 10.2. The molecule has 0 aliphatic rings. The van der Waals surface area contributed by atoms with Crippen LogP contribution < -0.4 is 24.7 Å². The van der Waals surface area contributed by atoms with E-state index in [1.165, 1.54) is 4.70 Å². The summed E-state index contributed by atoms with van der Waals surface area (Å²) < 4.78 is 63.0. The predicted octanol–water partition coefficient (Wildman–Crippen LogP) is 6.92. The van der Waals surface area contributed by atoms with Gasteiger partial charge in [0.05, 0.1) is 52.7 Å². The zero-order chi connectivity index (χ0) is 40.7. The highest BCUT2D eigenvalue weighted by Crippen LogP contribution is 2.32. The van der Waals surface area contributed by atoms with Crippen LogP contribution in [-0.4, -0.2) is 68.5 Å². The van der Waals surface area contributed by atoms with Crippen LogP contribution in [-0.2, 0) is 39.7 Å². The van der Waals surface area contributed by atoms with Crippen molar-refractivity contribution in [3.8, 4) is 22.1 Å². The normalized spacial score (nSPS) is 11.1. The van der Waals surface area contributed by atoms with Crippen molar-refractivity contribution >= 4 is 95.0 Å². The molecule has 2 aromatic carbocycles. The van der Waals surface area contributed by atoms with Crippen molar-refractivity contribution in [1.29, 1.82) is 0 Å². The standard InChI is InChI=1S/C15H15N3O3S2.C8H7NOS.C7H9BrN2O2S.C6H7BrN2/c1-21-12-3-4-14-13(6-12)18-15(22-14)11-5-10(7-16-9-11)8-17-23(2,19)20;1-10-6-2-3-8-7(4-6)9-5-11-8;1-13(11,12)10-4-6-2-7(8)5-9-3-6;7-6-1-5(2-8)3-9-4-6/h3-7,9,17H,8H2,1-2H3;2-5H,1H3;2-3,5,10H,4H2,1H3;1,3-4H,2,8H2. The fraction of sp³-hybridized carbons (Fsp3) is 0.194. The van der Waals surface area contributed by atoms with Crippen molar-refractivity contribution in [2.24, 2.45) is 5.73 Å². The van der Waals surface area contributed by atoms with Crippen LogP contribution in [0.15, 0.2) is 106 Å². The van der Waals surface area contributed by atoms with Crippen molar-refractivity contribution in [3.05, 3.63) is 123 Å². The molecule has 20 heteroatoms. The molecule has 7 aromatic rings. The maximum Gasteiger partial charge on any atom is 0.209 e. The number of nitrogens with one attached hydrogen (secondary N) is 2. The van der Waals surface area contributed by atoms with Gasteiger partial charge in [-0.05, 0) is 91.0 Å². The topological polar surface area (TPSA) is 201 Å². The van der Waals surface area contributed by atoms with Gasteiger partial charge in [-0.2, -0.15) is 0 Å². The number of ether oxygens (including phenoxy) is 2. The Morgan fingerprint density at radius 1 is 0.679 bits per heavy atom. The largest absolute Gasteiger partial charge is 0.497 e. The Kier molecular flexibility index (Phi) is 17.2. The first kappa shape index (κ1) is 44.7. The predicted molar refractivity (Wildman–Crippen MR) is 231 cm³/mol. The molecule has 0 radical (unpaired) electrons. The minimum absolute atomic E-state index is 0.207.